The van der Waals surface area contributed by atoms with Gasteiger partial charge in [-0.1, -0.05) is 80.1 Å². The Morgan fingerprint density at radius 1 is 1.02 bits per heavy atom. The molecule has 0 radical (unpaired) electrons. The summed E-state index contributed by atoms with van der Waals surface area (Å²) in [5.74, 6) is 5.23. The van der Waals surface area contributed by atoms with Crippen molar-refractivity contribution < 1.29 is 23.1 Å². The van der Waals surface area contributed by atoms with Gasteiger partial charge in [-0.15, -0.1) is 4.41 Å². The molecule has 0 bridgehead atoms. The van der Waals surface area contributed by atoms with Gasteiger partial charge in [0.1, 0.15) is 0 Å². The highest BCUT2D eigenvalue weighted by Crippen LogP contribution is 2.38. The minimum atomic E-state index is -4.11. The monoisotopic (exact) mass is 563 g/mol. The molecule has 40 heavy (non-hydrogen) atoms. The second-order valence-corrected chi connectivity index (χ2v) is 12.4. The van der Waals surface area contributed by atoms with Crippen LogP contribution >= 0.6 is 0 Å². The summed E-state index contributed by atoms with van der Waals surface area (Å²) >= 11 is 0. The average Bonchev–Trinajstić information content (AvgIpc) is 3.30. The van der Waals surface area contributed by atoms with Crippen molar-refractivity contribution in [2.75, 3.05) is 6.54 Å². The molecule has 9 heteroatoms. The molecular formula is C31H37N3O5S. The zero-order valence-corrected chi connectivity index (χ0v) is 23.7. The van der Waals surface area contributed by atoms with Gasteiger partial charge in [-0.25, -0.2) is 8.42 Å². The van der Waals surface area contributed by atoms with Gasteiger partial charge < -0.3 is 10.4 Å². The fraction of sp³-hybridized carbons (Fsp3) is 0.355. The predicted octanol–water partition coefficient (Wildman–Crippen LogP) is 3.80. The summed E-state index contributed by atoms with van der Waals surface area (Å²) in [6, 6.07) is 23.0. The van der Waals surface area contributed by atoms with Crippen LogP contribution in [-0.4, -0.2) is 42.3 Å². The van der Waals surface area contributed by atoms with Crippen LogP contribution < -0.4 is 11.2 Å². The predicted molar refractivity (Wildman–Crippen MR) is 154 cm³/mol. The number of nitrogens with two attached hydrogens (primary N) is 1. The van der Waals surface area contributed by atoms with Crippen LogP contribution in [-0.2, 0) is 27.7 Å². The first-order chi connectivity index (χ1) is 19.1. The molecule has 0 aliphatic heterocycles. The Hall–Kier alpha value is -3.37. The Balaban J connectivity index is 1.49. The Morgan fingerprint density at radius 2 is 1.68 bits per heavy atom. The number of rotatable bonds is 12. The van der Waals surface area contributed by atoms with Crippen molar-refractivity contribution >= 4 is 21.7 Å². The van der Waals surface area contributed by atoms with Gasteiger partial charge in [0.25, 0.3) is 10.0 Å². The van der Waals surface area contributed by atoms with E-state index in [1.165, 1.54) is 36.8 Å². The number of ketones is 1. The molecule has 4 rings (SSSR count). The van der Waals surface area contributed by atoms with E-state index in [9.17, 15) is 23.1 Å². The van der Waals surface area contributed by atoms with Crippen molar-refractivity contribution in [3.63, 3.8) is 0 Å². The quantitative estimate of drug-likeness (QED) is 0.175. The number of carbonyl (C=O) groups is 2. The molecule has 3 aromatic rings. The van der Waals surface area contributed by atoms with Gasteiger partial charge in [0, 0.05) is 11.5 Å². The molecule has 4 N–H and O–H groups in total. The van der Waals surface area contributed by atoms with Gasteiger partial charge in [-0.2, -0.15) is 0 Å². The zero-order valence-electron chi connectivity index (χ0n) is 22.9. The Kier molecular flexibility index (Phi) is 9.52. The number of amides is 1. The number of aliphatic hydroxyl groups excluding tert-OH is 1. The zero-order chi connectivity index (χ0) is 28.9. The molecule has 1 amide bonds. The summed E-state index contributed by atoms with van der Waals surface area (Å²) < 4.78 is 26.6. The maximum atomic E-state index is 13.7. The number of sulfonamides is 1. The van der Waals surface area contributed by atoms with Crippen molar-refractivity contribution in [2.45, 2.75) is 56.6 Å². The lowest BCUT2D eigenvalue weighted by atomic mass is 9.91. The standard InChI is InChI=1S/C31H37N3O5S/c1-3-23-18-25-11-7-8-12-29(25)30(23)33-31(37)26(17-22-9-5-4-6-10-22)19-27(36)20-34(32)40(38,39)28-15-13-24(14-16-28)21(2)35/h4-16,23,26-27,30,36H,3,17-20,32H2,1-2H3,(H,33,37)/t23-,26?,27+,30-/m1/s1. The second-order valence-electron chi connectivity index (χ2n) is 10.5. The number of nitrogens with zero attached hydrogens (tertiary/aromatic N) is 1. The summed E-state index contributed by atoms with van der Waals surface area (Å²) in [4.78, 5) is 25.1. The molecule has 0 heterocycles. The Morgan fingerprint density at radius 3 is 2.33 bits per heavy atom. The lowest BCUT2D eigenvalue weighted by Crippen LogP contribution is -2.44. The van der Waals surface area contributed by atoms with Crippen LogP contribution in [0.5, 0.6) is 0 Å². The van der Waals surface area contributed by atoms with Gasteiger partial charge in [-0.3, -0.25) is 15.4 Å². The number of nitrogens with one attached hydrogen (secondary N) is 1. The van der Waals surface area contributed by atoms with E-state index in [0.29, 0.717) is 16.4 Å². The molecule has 0 aromatic heterocycles. The number of hydrogen-bond donors (Lipinski definition) is 3. The van der Waals surface area contributed by atoms with Crippen LogP contribution in [0.3, 0.4) is 0 Å². The van der Waals surface area contributed by atoms with Crippen LogP contribution in [0.4, 0.5) is 0 Å². The topological polar surface area (TPSA) is 130 Å². The molecule has 212 valence electrons. The summed E-state index contributed by atoms with van der Waals surface area (Å²) in [5, 5.41) is 14.2. The maximum absolute atomic E-state index is 13.7. The number of carbonyl (C=O) groups excluding carboxylic acids is 2. The molecular weight excluding hydrogens is 526 g/mol. The number of aliphatic hydroxyl groups is 1. The molecule has 0 saturated heterocycles. The minimum absolute atomic E-state index is 0.0262. The van der Waals surface area contributed by atoms with Gasteiger partial charge >= 0.3 is 0 Å². The lowest BCUT2D eigenvalue weighted by molar-refractivity contribution is -0.127. The number of Topliss-reactive ketones (excluding diaryl/α,β-unsaturated/α-hetero) is 1. The first-order valence-electron chi connectivity index (χ1n) is 13.6. The van der Waals surface area contributed by atoms with Crippen LogP contribution in [0, 0.1) is 11.8 Å². The van der Waals surface area contributed by atoms with Crippen LogP contribution in [0.2, 0.25) is 0 Å². The number of fused-ring (bicyclic) bond motifs is 1. The third-order valence-corrected chi connectivity index (χ3v) is 9.31. The van der Waals surface area contributed by atoms with Gasteiger partial charge in [-0.05, 0) is 60.9 Å². The summed E-state index contributed by atoms with van der Waals surface area (Å²) in [6.07, 6.45) is 1.04. The van der Waals surface area contributed by atoms with Crippen molar-refractivity contribution in [3.05, 3.63) is 101 Å². The largest absolute Gasteiger partial charge is 0.392 e. The molecule has 3 aromatic carbocycles. The maximum Gasteiger partial charge on any atom is 0.255 e. The Labute approximate surface area is 236 Å². The first kappa shape index (κ1) is 29.6. The van der Waals surface area contributed by atoms with Crippen LogP contribution in [0.25, 0.3) is 0 Å². The van der Waals surface area contributed by atoms with Crippen molar-refractivity contribution in [1.29, 1.82) is 0 Å². The highest BCUT2D eigenvalue weighted by atomic mass is 32.2. The van der Waals surface area contributed by atoms with Gasteiger partial charge in [0.15, 0.2) is 5.78 Å². The van der Waals surface area contributed by atoms with E-state index < -0.39 is 22.0 Å². The average molecular weight is 564 g/mol. The van der Waals surface area contributed by atoms with Crippen molar-refractivity contribution in [3.8, 4) is 0 Å². The molecule has 0 saturated carbocycles. The summed E-state index contributed by atoms with van der Waals surface area (Å²) in [7, 11) is -4.11. The smallest absolute Gasteiger partial charge is 0.255 e. The van der Waals surface area contributed by atoms with Gasteiger partial charge in [0.2, 0.25) is 5.91 Å². The SMILES string of the molecule is CC[C@@H]1Cc2ccccc2[C@@H]1NC(=O)C(Cc1ccccc1)C[C@H](O)CN(N)S(=O)(=O)c1ccc(C(C)=O)cc1. The molecule has 1 aliphatic rings. The van der Waals surface area contributed by atoms with Gasteiger partial charge in [0.05, 0.1) is 23.6 Å². The molecule has 8 nitrogen and oxygen atoms in total. The van der Waals surface area contributed by atoms with E-state index in [2.05, 4.69) is 24.4 Å². The number of benzene rings is 3. The third kappa shape index (κ3) is 6.85. The number of hydrogen-bond acceptors (Lipinski definition) is 6. The van der Waals surface area contributed by atoms with E-state index in [0.717, 1.165) is 24.0 Å². The van der Waals surface area contributed by atoms with E-state index in [-0.39, 0.29) is 41.5 Å². The van der Waals surface area contributed by atoms with E-state index >= 15 is 0 Å². The van der Waals surface area contributed by atoms with E-state index in [1.807, 2.05) is 42.5 Å². The number of hydrazine groups is 1. The van der Waals surface area contributed by atoms with Crippen molar-refractivity contribution in [1.82, 2.24) is 9.73 Å². The van der Waals surface area contributed by atoms with E-state index in [4.69, 9.17) is 5.84 Å². The fourth-order valence-corrected chi connectivity index (χ4v) is 6.53. The molecule has 0 spiro atoms. The molecule has 4 atom stereocenters. The normalized spacial score (nSPS) is 18.2. The first-order valence-corrected chi connectivity index (χ1v) is 15.0. The highest BCUT2D eigenvalue weighted by Gasteiger charge is 2.34. The van der Waals surface area contributed by atoms with Crippen molar-refractivity contribution in [2.24, 2.45) is 17.7 Å². The lowest BCUT2D eigenvalue weighted by Gasteiger charge is -2.27. The third-order valence-electron chi connectivity index (χ3n) is 7.68. The van der Waals surface area contributed by atoms with Crippen LogP contribution in [0.1, 0.15) is 59.8 Å². The minimum Gasteiger partial charge on any atom is -0.392 e. The summed E-state index contributed by atoms with van der Waals surface area (Å²) in [5.41, 5.74) is 3.68. The highest BCUT2D eigenvalue weighted by molar-refractivity contribution is 7.89. The van der Waals surface area contributed by atoms with E-state index in [1.54, 1.807) is 0 Å². The Bertz CT molecular complexity index is 1430. The molecule has 1 aliphatic carbocycles. The second kappa shape index (κ2) is 12.9. The molecule has 0 fully saturated rings. The van der Waals surface area contributed by atoms with Crippen LogP contribution in [0.15, 0.2) is 83.8 Å². The summed E-state index contributed by atoms with van der Waals surface area (Å²) in [6.45, 7) is 3.12. The molecule has 1 unspecified atom stereocenters. The fourth-order valence-electron chi connectivity index (χ4n) is 5.41.